The standard InChI is InChI=1S/C11H17NO2/c1-8(5-6-12)9-3-4-10(13)11(7-9)14-2/h3-4,7-8,13H,5-6,12H2,1-2H3. The summed E-state index contributed by atoms with van der Waals surface area (Å²) in [5.41, 5.74) is 6.63. The van der Waals surface area contributed by atoms with Gasteiger partial charge in [0, 0.05) is 0 Å². The molecule has 0 saturated heterocycles. The number of benzene rings is 1. The zero-order chi connectivity index (χ0) is 10.6. The number of phenolic OH excluding ortho intramolecular Hbond substituents is 1. The first-order valence-corrected chi connectivity index (χ1v) is 4.76. The van der Waals surface area contributed by atoms with Gasteiger partial charge in [-0.3, -0.25) is 0 Å². The van der Waals surface area contributed by atoms with Gasteiger partial charge in [0.25, 0.3) is 0 Å². The average molecular weight is 195 g/mol. The van der Waals surface area contributed by atoms with Crippen LogP contribution < -0.4 is 10.5 Å². The quantitative estimate of drug-likeness (QED) is 0.771. The lowest BCUT2D eigenvalue weighted by molar-refractivity contribution is 0.372. The summed E-state index contributed by atoms with van der Waals surface area (Å²) >= 11 is 0. The zero-order valence-corrected chi connectivity index (χ0v) is 8.66. The summed E-state index contributed by atoms with van der Waals surface area (Å²) in [5, 5.41) is 9.40. The van der Waals surface area contributed by atoms with Crippen molar-refractivity contribution in [3.05, 3.63) is 23.8 Å². The highest BCUT2D eigenvalue weighted by atomic mass is 16.5. The van der Waals surface area contributed by atoms with Crippen LogP contribution >= 0.6 is 0 Å². The van der Waals surface area contributed by atoms with Crippen LogP contribution in [0.5, 0.6) is 11.5 Å². The first kappa shape index (κ1) is 10.9. The molecule has 0 heterocycles. The molecule has 0 aliphatic carbocycles. The zero-order valence-electron chi connectivity index (χ0n) is 8.66. The van der Waals surface area contributed by atoms with Crippen LogP contribution in [0.1, 0.15) is 24.8 Å². The van der Waals surface area contributed by atoms with Crippen LogP contribution in [0.25, 0.3) is 0 Å². The fourth-order valence-corrected chi connectivity index (χ4v) is 1.42. The minimum atomic E-state index is 0.177. The molecular weight excluding hydrogens is 178 g/mol. The molecule has 1 unspecified atom stereocenters. The van der Waals surface area contributed by atoms with Crippen LogP contribution in [0.4, 0.5) is 0 Å². The smallest absolute Gasteiger partial charge is 0.160 e. The molecule has 78 valence electrons. The summed E-state index contributed by atoms with van der Waals surface area (Å²) in [6.45, 7) is 2.78. The van der Waals surface area contributed by atoms with Crippen LogP contribution in [0, 0.1) is 0 Å². The van der Waals surface area contributed by atoms with Gasteiger partial charge in [0.05, 0.1) is 7.11 Å². The second-order valence-electron chi connectivity index (χ2n) is 3.41. The van der Waals surface area contributed by atoms with Crippen LogP contribution in [0.15, 0.2) is 18.2 Å². The summed E-state index contributed by atoms with van der Waals surface area (Å²) in [5.74, 6) is 1.09. The van der Waals surface area contributed by atoms with Gasteiger partial charge in [-0.25, -0.2) is 0 Å². The lowest BCUT2D eigenvalue weighted by Gasteiger charge is -2.12. The van der Waals surface area contributed by atoms with E-state index in [1.165, 1.54) is 0 Å². The third-order valence-corrected chi connectivity index (χ3v) is 2.37. The molecule has 0 aromatic heterocycles. The van der Waals surface area contributed by atoms with Crippen molar-refractivity contribution in [2.45, 2.75) is 19.3 Å². The number of hydrogen-bond donors (Lipinski definition) is 2. The Balaban J connectivity index is 2.88. The molecule has 0 amide bonds. The third-order valence-electron chi connectivity index (χ3n) is 2.37. The number of phenols is 1. The maximum absolute atomic E-state index is 9.40. The average Bonchev–Trinajstić information content (AvgIpc) is 2.19. The number of nitrogens with two attached hydrogens (primary N) is 1. The molecule has 3 nitrogen and oxygen atoms in total. The Morgan fingerprint density at radius 3 is 2.79 bits per heavy atom. The van der Waals surface area contributed by atoms with Crippen molar-refractivity contribution < 1.29 is 9.84 Å². The Bertz CT molecular complexity index is 299. The summed E-state index contributed by atoms with van der Waals surface area (Å²) in [6, 6.07) is 5.41. The monoisotopic (exact) mass is 195 g/mol. The lowest BCUT2D eigenvalue weighted by atomic mass is 9.97. The molecule has 1 rings (SSSR count). The highest BCUT2D eigenvalue weighted by molar-refractivity contribution is 5.42. The maximum atomic E-state index is 9.40. The van der Waals surface area contributed by atoms with Gasteiger partial charge in [0.15, 0.2) is 11.5 Å². The lowest BCUT2D eigenvalue weighted by Crippen LogP contribution is -2.04. The molecule has 3 heteroatoms. The molecule has 0 bridgehead atoms. The van der Waals surface area contributed by atoms with Crippen LogP contribution in [-0.4, -0.2) is 18.8 Å². The molecule has 14 heavy (non-hydrogen) atoms. The Morgan fingerprint density at radius 2 is 2.21 bits per heavy atom. The van der Waals surface area contributed by atoms with Gasteiger partial charge in [-0.2, -0.15) is 0 Å². The fraction of sp³-hybridized carbons (Fsp3) is 0.455. The number of ether oxygens (including phenoxy) is 1. The van der Waals surface area contributed by atoms with Gasteiger partial charge in [0.1, 0.15) is 0 Å². The van der Waals surface area contributed by atoms with Crippen molar-refractivity contribution in [1.29, 1.82) is 0 Å². The van der Waals surface area contributed by atoms with Crippen molar-refractivity contribution >= 4 is 0 Å². The first-order valence-electron chi connectivity index (χ1n) is 4.76. The first-order chi connectivity index (χ1) is 6.69. The van der Waals surface area contributed by atoms with Gasteiger partial charge in [-0.05, 0) is 36.6 Å². The molecule has 0 aliphatic rings. The van der Waals surface area contributed by atoms with E-state index >= 15 is 0 Å². The van der Waals surface area contributed by atoms with Crippen molar-refractivity contribution in [2.75, 3.05) is 13.7 Å². The van der Waals surface area contributed by atoms with E-state index in [-0.39, 0.29) is 5.75 Å². The van der Waals surface area contributed by atoms with Crippen molar-refractivity contribution in [3.63, 3.8) is 0 Å². The van der Waals surface area contributed by atoms with E-state index in [0.717, 1.165) is 12.0 Å². The molecule has 0 radical (unpaired) electrons. The van der Waals surface area contributed by atoms with E-state index in [2.05, 4.69) is 6.92 Å². The molecule has 0 fully saturated rings. The van der Waals surface area contributed by atoms with Crippen LogP contribution in [0.2, 0.25) is 0 Å². The number of rotatable bonds is 4. The predicted molar refractivity (Wildman–Crippen MR) is 56.7 cm³/mol. The van der Waals surface area contributed by atoms with Crippen molar-refractivity contribution in [1.82, 2.24) is 0 Å². The highest BCUT2D eigenvalue weighted by Crippen LogP contribution is 2.30. The van der Waals surface area contributed by atoms with E-state index in [9.17, 15) is 5.11 Å². The second kappa shape index (κ2) is 4.86. The molecule has 0 saturated carbocycles. The summed E-state index contributed by atoms with van der Waals surface area (Å²) in [6.07, 6.45) is 0.938. The summed E-state index contributed by atoms with van der Waals surface area (Å²) < 4.78 is 5.03. The van der Waals surface area contributed by atoms with E-state index in [0.29, 0.717) is 18.2 Å². The molecule has 1 aromatic rings. The van der Waals surface area contributed by atoms with Crippen LogP contribution in [-0.2, 0) is 0 Å². The van der Waals surface area contributed by atoms with E-state index in [4.69, 9.17) is 10.5 Å². The normalized spacial score (nSPS) is 12.5. The Hall–Kier alpha value is -1.22. The molecule has 0 aliphatic heterocycles. The minimum Gasteiger partial charge on any atom is -0.504 e. The van der Waals surface area contributed by atoms with Gasteiger partial charge in [-0.1, -0.05) is 13.0 Å². The van der Waals surface area contributed by atoms with Gasteiger partial charge < -0.3 is 15.6 Å². The minimum absolute atomic E-state index is 0.177. The fourth-order valence-electron chi connectivity index (χ4n) is 1.42. The number of methoxy groups -OCH3 is 1. The van der Waals surface area contributed by atoms with Gasteiger partial charge in [-0.15, -0.1) is 0 Å². The summed E-state index contributed by atoms with van der Waals surface area (Å²) in [4.78, 5) is 0. The molecule has 0 spiro atoms. The Kier molecular flexibility index (Phi) is 3.77. The van der Waals surface area contributed by atoms with Gasteiger partial charge in [0.2, 0.25) is 0 Å². The van der Waals surface area contributed by atoms with Crippen LogP contribution in [0.3, 0.4) is 0 Å². The molecule has 3 N–H and O–H groups in total. The van der Waals surface area contributed by atoms with Gasteiger partial charge >= 0.3 is 0 Å². The topological polar surface area (TPSA) is 55.5 Å². The molecule has 1 atom stereocenters. The van der Waals surface area contributed by atoms with E-state index < -0.39 is 0 Å². The summed E-state index contributed by atoms with van der Waals surface area (Å²) in [7, 11) is 1.55. The van der Waals surface area contributed by atoms with E-state index in [1.54, 1.807) is 13.2 Å². The Morgan fingerprint density at radius 1 is 1.50 bits per heavy atom. The van der Waals surface area contributed by atoms with Crippen molar-refractivity contribution in [2.24, 2.45) is 5.73 Å². The third kappa shape index (κ3) is 2.39. The maximum Gasteiger partial charge on any atom is 0.160 e. The molecular formula is C11H17NO2. The SMILES string of the molecule is COc1cc(C(C)CCN)ccc1O. The predicted octanol–water partition coefficient (Wildman–Crippen LogP) is 1.85. The Labute approximate surface area is 84.5 Å². The number of aromatic hydroxyl groups is 1. The second-order valence-corrected chi connectivity index (χ2v) is 3.41. The van der Waals surface area contributed by atoms with Crippen molar-refractivity contribution in [3.8, 4) is 11.5 Å². The number of hydrogen-bond acceptors (Lipinski definition) is 3. The highest BCUT2D eigenvalue weighted by Gasteiger charge is 2.08. The van der Waals surface area contributed by atoms with E-state index in [1.807, 2.05) is 12.1 Å². The largest absolute Gasteiger partial charge is 0.504 e. The molecule has 1 aromatic carbocycles.